The molecule has 0 saturated heterocycles. The van der Waals surface area contributed by atoms with Crippen LogP contribution in [0.1, 0.15) is 17.5 Å². The molecule has 0 amide bonds. The maximum atomic E-state index is 12.4. The summed E-state index contributed by atoms with van der Waals surface area (Å²) in [4.78, 5) is 0. The number of hydrogen-bond donors (Lipinski definition) is 2. The van der Waals surface area contributed by atoms with Crippen molar-refractivity contribution < 1.29 is 27.8 Å². The second-order valence-electron chi connectivity index (χ2n) is 3.64. The standard InChI is InChI=1S/C11H13F3O3Si/c12-11(13,14)9-5-1-3-8(7-9)4-2-6-18-17-10(15)16/h1,3,5,7,10,15-16H,2,4,6H2. The molecule has 1 aromatic rings. The van der Waals surface area contributed by atoms with Crippen LogP contribution in [-0.4, -0.2) is 26.5 Å². The van der Waals surface area contributed by atoms with Crippen LogP contribution in [0.25, 0.3) is 0 Å². The van der Waals surface area contributed by atoms with Crippen molar-refractivity contribution in [2.45, 2.75) is 31.5 Å². The first-order valence-corrected chi connectivity index (χ1v) is 6.42. The summed E-state index contributed by atoms with van der Waals surface area (Å²) in [7, 11) is -0.0716. The van der Waals surface area contributed by atoms with E-state index in [0.717, 1.165) is 12.1 Å². The van der Waals surface area contributed by atoms with Gasteiger partial charge in [-0.3, -0.25) is 0 Å². The van der Waals surface area contributed by atoms with Gasteiger partial charge in [0.25, 0.3) is 6.48 Å². The molecule has 2 radical (unpaired) electrons. The number of aliphatic hydroxyl groups is 2. The van der Waals surface area contributed by atoms with E-state index in [1.165, 1.54) is 6.07 Å². The van der Waals surface area contributed by atoms with Gasteiger partial charge in [0.05, 0.1) is 5.56 Å². The summed E-state index contributed by atoms with van der Waals surface area (Å²) >= 11 is 0. The van der Waals surface area contributed by atoms with Gasteiger partial charge < -0.3 is 14.6 Å². The summed E-state index contributed by atoms with van der Waals surface area (Å²) in [5.41, 5.74) is -0.0383. The van der Waals surface area contributed by atoms with Crippen molar-refractivity contribution in [3.05, 3.63) is 35.4 Å². The fourth-order valence-electron chi connectivity index (χ4n) is 1.40. The monoisotopic (exact) mass is 278 g/mol. The van der Waals surface area contributed by atoms with Crippen molar-refractivity contribution >= 4 is 9.76 Å². The topological polar surface area (TPSA) is 49.7 Å². The molecule has 0 aliphatic carbocycles. The summed E-state index contributed by atoms with van der Waals surface area (Å²) in [5.74, 6) is 0. The highest BCUT2D eigenvalue weighted by molar-refractivity contribution is 6.26. The van der Waals surface area contributed by atoms with Crippen LogP contribution in [0.15, 0.2) is 24.3 Å². The van der Waals surface area contributed by atoms with E-state index in [1.807, 2.05) is 0 Å². The molecule has 1 aromatic carbocycles. The molecule has 7 heteroatoms. The average Bonchev–Trinajstić information content (AvgIpc) is 2.27. The minimum atomic E-state index is -4.32. The van der Waals surface area contributed by atoms with Gasteiger partial charge in [0.1, 0.15) is 0 Å². The van der Waals surface area contributed by atoms with E-state index in [2.05, 4.69) is 4.43 Å². The predicted octanol–water partition coefficient (Wildman–Crippen LogP) is 1.96. The van der Waals surface area contributed by atoms with Crippen LogP contribution in [0.4, 0.5) is 13.2 Å². The summed E-state index contributed by atoms with van der Waals surface area (Å²) in [5, 5.41) is 16.8. The molecule has 0 fully saturated rings. The van der Waals surface area contributed by atoms with Crippen LogP contribution < -0.4 is 0 Å². The fourth-order valence-corrected chi connectivity index (χ4v) is 1.99. The zero-order chi connectivity index (χ0) is 13.6. The number of hydrogen-bond acceptors (Lipinski definition) is 3. The second kappa shape index (κ2) is 6.88. The number of aryl methyl sites for hydroxylation is 1. The summed E-state index contributed by atoms with van der Waals surface area (Å²) < 4.78 is 41.8. The smallest absolute Gasteiger partial charge is 0.372 e. The zero-order valence-corrected chi connectivity index (χ0v) is 10.4. The lowest BCUT2D eigenvalue weighted by atomic mass is 10.1. The van der Waals surface area contributed by atoms with Gasteiger partial charge in [-0.15, -0.1) is 0 Å². The Bertz CT molecular complexity index is 369. The molecule has 0 aliphatic rings. The molecule has 0 aromatic heterocycles. The van der Waals surface area contributed by atoms with Gasteiger partial charge in [-0.25, -0.2) is 0 Å². The van der Waals surface area contributed by atoms with Gasteiger partial charge in [0, 0.05) is 0 Å². The molecule has 0 spiro atoms. The Hall–Kier alpha value is -0.893. The molecule has 3 nitrogen and oxygen atoms in total. The molecule has 0 heterocycles. The number of halogens is 3. The minimum absolute atomic E-state index is 0.0716. The molecule has 0 saturated carbocycles. The van der Waals surface area contributed by atoms with Crippen molar-refractivity contribution in [3.63, 3.8) is 0 Å². The molecule has 0 aliphatic heterocycles. The molecule has 0 bridgehead atoms. The molecular formula is C11H13F3O3Si. The summed E-state index contributed by atoms with van der Waals surface area (Å²) in [6.07, 6.45) is -3.18. The van der Waals surface area contributed by atoms with Gasteiger partial charge in [-0.2, -0.15) is 13.2 Å². The van der Waals surface area contributed by atoms with Gasteiger partial charge in [-0.05, 0) is 30.5 Å². The molecule has 0 unspecified atom stereocenters. The Balaban J connectivity index is 2.39. The molecule has 100 valence electrons. The highest BCUT2D eigenvalue weighted by Crippen LogP contribution is 2.29. The quantitative estimate of drug-likeness (QED) is 0.475. The van der Waals surface area contributed by atoms with E-state index in [1.54, 1.807) is 6.07 Å². The lowest BCUT2D eigenvalue weighted by Crippen LogP contribution is -2.13. The van der Waals surface area contributed by atoms with Crippen LogP contribution in [0.3, 0.4) is 0 Å². The molecular weight excluding hydrogens is 265 g/mol. The van der Waals surface area contributed by atoms with Crippen LogP contribution >= 0.6 is 0 Å². The normalized spacial score (nSPS) is 12.1. The van der Waals surface area contributed by atoms with Gasteiger partial charge in [0.15, 0.2) is 0 Å². The van der Waals surface area contributed by atoms with Crippen molar-refractivity contribution in [3.8, 4) is 0 Å². The van der Waals surface area contributed by atoms with Crippen molar-refractivity contribution in [1.29, 1.82) is 0 Å². The third-order valence-electron chi connectivity index (χ3n) is 2.19. The second-order valence-corrected chi connectivity index (χ2v) is 4.66. The lowest BCUT2D eigenvalue weighted by molar-refractivity contribution is -0.180. The van der Waals surface area contributed by atoms with Crippen LogP contribution in [0, 0.1) is 0 Å². The molecule has 1 rings (SSSR count). The Kier molecular flexibility index (Phi) is 5.80. The van der Waals surface area contributed by atoms with E-state index in [9.17, 15) is 13.2 Å². The largest absolute Gasteiger partial charge is 0.416 e. The number of rotatable bonds is 6. The first-order valence-electron chi connectivity index (χ1n) is 5.30. The number of alkyl halides is 3. The SMILES string of the molecule is OC(O)O[Si]CCCc1cccc(C(F)(F)F)c1. The minimum Gasteiger partial charge on any atom is -0.372 e. The maximum Gasteiger partial charge on any atom is 0.416 e. The third-order valence-corrected chi connectivity index (χ3v) is 3.12. The van der Waals surface area contributed by atoms with E-state index in [0.29, 0.717) is 24.4 Å². The highest BCUT2D eigenvalue weighted by atomic mass is 28.2. The van der Waals surface area contributed by atoms with Crippen molar-refractivity contribution in [1.82, 2.24) is 0 Å². The van der Waals surface area contributed by atoms with Crippen LogP contribution in [-0.2, 0) is 17.0 Å². The van der Waals surface area contributed by atoms with E-state index >= 15 is 0 Å². The first kappa shape index (κ1) is 15.2. The van der Waals surface area contributed by atoms with Crippen LogP contribution in [0.5, 0.6) is 0 Å². The maximum absolute atomic E-state index is 12.4. The van der Waals surface area contributed by atoms with Crippen molar-refractivity contribution in [2.75, 3.05) is 0 Å². The Morgan fingerprint density at radius 1 is 1.28 bits per heavy atom. The van der Waals surface area contributed by atoms with E-state index in [4.69, 9.17) is 10.2 Å². The van der Waals surface area contributed by atoms with Crippen molar-refractivity contribution in [2.24, 2.45) is 0 Å². The number of aliphatic hydroxyl groups excluding tert-OH is 1. The summed E-state index contributed by atoms with van der Waals surface area (Å²) in [6, 6.07) is 5.77. The average molecular weight is 278 g/mol. The summed E-state index contributed by atoms with van der Waals surface area (Å²) in [6.45, 7) is -1.78. The molecule has 18 heavy (non-hydrogen) atoms. The van der Waals surface area contributed by atoms with E-state index < -0.39 is 18.2 Å². The third kappa shape index (κ3) is 5.63. The lowest BCUT2D eigenvalue weighted by Gasteiger charge is -2.08. The molecule has 2 N–H and O–H groups in total. The Labute approximate surface area is 105 Å². The molecule has 0 atom stereocenters. The zero-order valence-electron chi connectivity index (χ0n) is 9.44. The Morgan fingerprint density at radius 3 is 2.61 bits per heavy atom. The van der Waals surface area contributed by atoms with Gasteiger partial charge in [0.2, 0.25) is 9.76 Å². The fraction of sp³-hybridized carbons (Fsp3) is 0.455. The van der Waals surface area contributed by atoms with E-state index in [-0.39, 0.29) is 9.76 Å². The van der Waals surface area contributed by atoms with Crippen LogP contribution in [0.2, 0.25) is 6.04 Å². The highest BCUT2D eigenvalue weighted by Gasteiger charge is 2.30. The number of benzene rings is 1. The predicted molar refractivity (Wildman–Crippen MR) is 59.6 cm³/mol. The van der Waals surface area contributed by atoms with Gasteiger partial charge in [-0.1, -0.05) is 18.2 Å². The first-order chi connectivity index (χ1) is 8.39. The Morgan fingerprint density at radius 2 is 2.00 bits per heavy atom. The van der Waals surface area contributed by atoms with Gasteiger partial charge >= 0.3 is 6.18 Å².